The lowest BCUT2D eigenvalue weighted by atomic mass is 10.00. The highest BCUT2D eigenvalue weighted by atomic mass is 15.0. The topological polar surface area (TPSA) is 22.8 Å². The van der Waals surface area contributed by atoms with Gasteiger partial charge >= 0.3 is 0 Å². The molecule has 0 aliphatic rings. The normalized spacial score (nSPS) is 11.8. The van der Waals surface area contributed by atoms with Crippen molar-refractivity contribution in [3.05, 3.63) is 152 Å². The van der Waals surface area contributed by atoms with Crippen molar-refractivity contribution in [3.63, 3.8) is 0 Å². The second-order valence-electron chi connectivity index (χ2n) is 10.9. The Hall–Kier alpha value is -5.67. The van der Waals surface area contributed by atoms with Gasteiger partial charge < -0.3 is 9.13 Å². The summed E-state index contributed by atoms with van der Waals surface area (Å²) in [4.78, 5) is 4.50. The van der Waals surface area contributed by atoms with Gasteiger partial charge in [0.25, 0.3) is 0 Å². The van der Waals surface area contributed by atoms with Gasteiger partial charge in [-0.2, -0.15) is 0 Å². The predicted molar refractivity (Wildman–Crippen MR) is 176 cm³/mol. The van der Waals surface area contributed by atoms with Gasteiger partial charge in [-0.25, -0.2) is 0 Å². The Bertz CT molecular complexity index is 2460. The van der Waals surface area contributed by atoms with Crippen molar-refractivity contribution in [2.75, 3.05) is 0 Å². The van der Waals surface area contributed by atoms with E-state index in [-0.39, 0.29) is 0 Å². The van der Waals surface area contributed by atoms with Crippen molar-refractivity contribution in [1.82, 2.24) is 14.1 Å². The number of rotatable bonds is 3. The van der Waals surface area contributed by atoms with E-state index in [2.05, 4.69) is 154 Å². The Balaban J connectivity index is 1.34. The van der Waals surface area contributed by atoms with Crippen LogP contribution in [0.4, 0.5) is 0 Å². The van der Waals surface area contributed by atoms with E-state index in [1.165, 1.54) is 65.7 Å². The zero-order valence-corrected chi connectivity index (χ0v) is 22.8. The third-order valence-electron chi connectivity index (χ3n) is 8.58. The summed E-state index contributed by atoms with van der Waals surface area (Å²) in [6.45, 7) is 0. The number of hydrogen-bond donors (Lipinski definition) is 0. The molecule has 6 aromatic carbocycles. The van der Waals surface area contributed by atoms with Crippen LogP contribution in [0.3, 0.4) is 0 Å². The molecule has 0 N–H and O–H groups in total. The van der Waals surface area contributed by atoms with Crippen LogP contribution in [-0.4, -0.2) is 14.1 Å². The minimum Gasteiger partial charge on any atom is -0.309 e. The molecule has 0 amide bonds. The molecule has 0 radical (unpaired) electrons. The molecule has 196 valence electrons. The van der Waals surface area contributed by atoms with Crippen LogP contribution < -0.4 is 0 Å². The fraction of sp³-hybridized carbons (Fsp3) is 0. The number of nitrogens with zero attached hydrogens (tertiary/aromatic N) is 3. The summed E-state index contributed by atoms with van der Waals surface area (Å²) in [6, 6.07) is 50.4. The van der Waals surface area contributed by atoms with Gasteiger partial charge in [-0.15, -0.1) is 0 Å². The van der Waals surface area contributed by atoms with Crippen molar-refractivity contribution in [1.29, 1.82) is 0 Å². The number of aromatic nitrogens is 3. The van der Waals surface area contributed by atoms with Crippen LogP contribution in [-0.2, 0) is 0 Å². The highest BCUT2D eigenvalue weighted by Crippen LogP contribution is 2.40. The van der Waals surface area contributed by atoms with E-state index in [0.29, 0.717) is 0 Å². The Morgan fingerprint density at radius 3 is 2.12 bits per heavy atom. The van der Waals surface area contributed by atoms with Crippen molar-refractivity contribution in [2.24, 2.45) is 0 Å². The van der Waals surface area contributed by atoms with Gasteiger partial charge in [-0.3, -0.25) is 4.98 Å². The van der Waals surface area contributed by atoms with Crippen LogP contribution in [0.5, 0.6) is 0 Å². The molecule has 0 spiro atoms. The first-order valence-corrected chi connectivity index (χ1v) is 14.3. The monoisotopic (exact) mass is 535 g/mol. The van der Waals surface area contributed by atoms with E-state index in [4.69, 9.17) is 0 Å². The minimum atomic E-state index is 1.11. The molecule has 3 heterocycles. The maximum Gasteiger partial charge on any atom is 0.0724 e. The molecule has 3 aromatic heterocycles. The van der Waals surface area contributed by atoms with E-state index >= 15 is 0 Å². The molecule has 0 aliphatic heterocycles. The zero-order valence-electron chi connectivity index (χ0n) is 22.8. The number of hydrogen-bond acceptors (Lipinski definition) is 1. The fourth-order valence-corrected chi connectivity index (χ4v) is 6.73. The largest absolute Gasteiger partial charge is 0.309 e. The number of para-hydroxylation sites is 3. The summed E-state index contributed by atoms with van der Waals surface area (Å²) in [7, 11) is 0. The lowest BCUT2D eigenvalue weighted by Crippen LogP contribution is -1.95. The smallest absolute Gasteiger partial charge is 0.0724 e. The van der Waals surface area contributed by atoms with E-state index in [9.17, 15) is 0 Å². The quantitative estimate of drug-likeness (QED) is 0.221. The first-order valence-electron chi connectivity index (χ1n) is 14.3. The van der Waals surface area contributed by atoms with Crippen LogP contribution in [0.1, 0.15) is 0 Å². The maximum atomic E-state index is 4.50. The second-order valence-corrected chi connectivity index (χ2v) is 10.9. The molecule has 0 aliphatic carbocycles. The number of benzene rings is 6. The zero-order chi connectivity index (χ0) is 27.6. The van der Waals surface area contributed by atoms with Crippen molar-refractivity contribution in [3.8, 4) is 22.5 Å². The van der Waals surface area contributed by atoms with Crippen molar-refractivity contribution in [2.45, 2.75) is 0 Å². The molecule has 9 rings (SSSR count). The lowest BCUT2D eigenvalue weighted by molar-refractivity contribution is 1.17. The molecular formula is C39H25N3. The van der Waals surface area contributed by atoms with Crippen LogP contribution in [0.15, 0.2) is 152 Å². The molecule has 3 nitrogen and oxygen atoms in total. The standard InChI is InChI=1S/C39H25N3/c1-2-11-29(12-3-1)42-38-25-40-22-21-33(38)34-15-8-14-31(39(34)42)28-18-20-37-35(24-28)32-13-6-7-16-36(32)41(37)30-19-17-26-9-4-5-10-27(26)23-30/h1-25H. The molecular weight excluding hydrogens is 510 g/mol. The SMILES string of the molecule is c1ccc(-n2c3cnccc3c3cccc(-c4ccc5c(c4)c4ccccc4n5-c4ccc5ccccc5c4)c32)cc1. The molecule has 0 unspecified atom stereocenters. The average Bonchev–Trinajstić information content (AvgIpc) is 3.58. The Kier molecular flexibility index (Phi) is 4.90. The van der Waals surface area contributed by atoms with E-state index in [0.717, 1.165) is 11.2 Å². The molecule has 42 heavy (non-hydrogen) atoms. The number of pyridine rings is 1. The Labute approximate surface area is 242 Å². The van der Waals surface area contributed by atoms with Crippen molar-refractivity contribution < 1.29 is 0 Å². The highest BCUT2D eigenvalue weighted by molar-refractivity contribution is 6.15. The summed E-state index contributed by atoms with van der Waals surface area (Å²) in [5, 5.41) is 7.43. The molecule has 0 saturated heterocycles. The number of fused-ring (bicyclic) bond motifs is 7. The lowest BCUT2D eigenvalue weighted by Gasteiger charge is -2.12. The van der Waals surface area contributed by atoms with Crippen LogP contribution >= 0.6 is 0 Å². The third kappa shape index (κ3) is 3.31. The summed E-state index contributed by atoms with van der Waals surface area (Å²) >= 11 is 0. The van der Waals surface area contributed by atoms with Gasteiger partial charge in [0.15, 0.2) is 0 Å². The minimum absolute atomic E-state index is 1.11. The van der Waals surface area contributed by atoms with Gasteiger partial charge in [0.05, 0.1) is 28.3 Å². The van der Waals surface area contributed by atoms with Crippen LogP contribution in [0, 0.1) is 0 Å². The molecule has 9 aromatic rings. The summed E-state index contributed by atoms with van der Waals surface area (Å²) in [6.07, 6.45) is 3.87. The first kappa shape index (κ1) is 23.1. The highest BCUT2D eigenvalue weighted by Gasteiger charge is 2.18. The third-order valence-corrected chi connectivity index (χ3v) is 8.58. The van der Waals surface area contributed by atoms with E-state index in [1.807, 2.05) is 12.4 Å². The Morgan fingerprint density at radius 1 is 0.429 bits per heavy atom. The maximum absolute atomic E-state index is 4.50. The molecule has 3 heteroatoms. The predicted octanol–water partition coefficient (Wildman–Crippen LogP) is 10.1. The first-order chi connectivity index (χ1) is 20.8. The van der Waals surface area contributed by atoms with E-state index in [1.54, 1.807) is 0 Å². The summed E-state index contributed by atoms with van der Waals surface area (Å²) < 4.78 is 4.75. The van der Waals surface area contributed by atoms with Gasteiger partial charge in [0.2, 0.25) is 0 Å². The summed E-state index contributed by atoms with van der Waals surface area (Å²) in [5.74, 6) is 0. The average molecular weight is 536 g/mol. The van der Waals surface area contributed by atoms with E-state index < -0.39 is 0 Å². The molecule has 0 atom stereocenters. The fourth-order valence-electron chi connectivity index (χ4n) is 6.73. The second kappa shape index (κ2) is 8.92. The molecule has 0 fully saturated rings. The molecule has 0 bridgehead atoms. The van der Waals surface area contributed by atoms with Gasteiger partial charge in [0, 0.05) is 44.7 Å². The van der Waals surface area contributed by atoms with Gasteiger partial charge in [-0.05, 0) is 64.9 Å². The van der Waals surface area contributed by atoms with Crippen LogP contribution in [0.2, 0.25) is 0 Å². The van der Waals surface area contributed by atoms with Gasteiger partial charge in [-0.1, -0.05) is 91.0 Å². The summed E-state index contributed by atoms with van der Waals surface area (Å²) in [5.41, 5.74) is 9.43. The Morgan fingerprint density at radius 2 is 1.19 bits per heavy atom. The molecule has 0 saturated carbocycles. The van der Waals surface area contributed by atoms with Gasteiger partial charge in [0.1, 0.15) is 0 Å². The van der Waals surface area contributed by atoms with Crippen LogP contribution in [0.25, 0.3) is 76.9 Å². The van der Waals surface area contributed by atoms with Crippen molar-refractivity contribution >= 4 is 54.4 Å².